The predicted octanol–water partition coefficient (Wildman–Crippen LogP) is 4.09. The molecule has 0 fully saturated rings. The zero-order chi connectivity index (χ0) is 20.1. The summed E-state index contributed by atoms with van der Waals surface area (Å²) in [6.45, 7) is 3.57. The summed E-state index contributed by atoms with van der Waals surface area (Å²) >= 11 is 1.15. The summed E-state index contributed by atoms with van der Waals surface area (Å²) in [6, 6.07) is 20.8. The summed E-state index contributed by atoms with van der Waals surface area (Å²) in [5.74, 6) is -0.150. The number of benzene rings is 2. The van der Waals surface area contributed by atoms with Crippen LogP contribution in [0.2, 0.25) is 0 Å². The molecule has 0 saturated heterocycles. The Kier molecular flexibility index (Phi) is 6.28. The van der Waals surface area contributed by atoms with E-state index in [9.17, 15) is 13.2 Å². The molecule has 0 unspecified atom stereocenters. The molecule has 2 aromatic carbocycles. The maximum absolute atomic E-state index is 12.7. The average Bonchev–Trinajstić information content (AvgIpc) is 3.17. The second-order valence-corrected chi connectivity index (χ2v) is 9.57. The number of carbonyl (C=O) groups excluding carboxylic acids is 1. The van der Waals surface area contributed by atoms with Gasteiger partial charge in [0.25, 0.3) is 10.0 Å². The first-order valence-electron chi connectivity index (χ1n) is 8.86. The molecule has 0 radical (unpaired) electrons. The van der Waals surface area contributed by atoms with E-state index in [4.69, 9.17) is 0 Å². The molecule has 0 spiro atoms. The minimum absolute atomic E-state index is 0.150. The third-order valence-electron chi connectivity index (χ3n) is 4.26. The lowest BCUT2D eigenvalue weighted by Gasteiger charge is -2.14. The number of sulfonamides is 1. The van der Waals surface area contributed by atoms with Gasteiger partial charge in [-0.1, -0.05) is 54.6 Å². The highest BCUT2D eigenvalue weighted by Crippen LogP contribution is 2.25. The van der Waals surface area contributed by atoms with Crippen LogP contribution in [0, 0.1) is 0 Å². The van der Waals surface area contributed by atoms with Crippen molar-refractivity contribution in [3.63, 3.8) is 0 Å². The van der Waals surface area contributed by atoms with Gasteiger partial charge >= 0.3 is 0 Å². The molecule has 0 aliphatic rings. The fourth-order valence-electron chi connectivity index (χ4n) is 2.76. The van der Waals surface area contributed by atoms with Gasteiger partial charge in [-0.15, -0.1) is 11.3 Å². The van der Waals surface area contributed by atoms with E-state index in [2.05, 4.69) is 10.0 Å². The molecule has 0 saturated carbocycles. The molecule has 1 aromatic heterocycles. The third-order valence-corrected chi connectivity index (χ3v) is 7.38. The SMILES string of the molecule is CC(=O)NCc1ccc(S(=O)(=O)N[C@H](C)c2ccc(-c3ccccc3)cc2)s1. The Hall–Kier alpha value is -2.48. The molecule has 1 amide bonds. The highest BCUT2D eigenvalue weighted by atomic mass is 32.2. The van der Waals surface area contributed by atoms with Crippen molar-refractivity contribution in [2.24, 2.45) is 0 Å². The molecule has 0 bridgehead atoms. The van der Waals surface area contributed by atoms with Crippen molar-refractivity contribution >= 4 is 27.3 Å². The van der Waals surface area contributed by atoms with Crippen molar-refractivity contribution in [2.75, 3.05) is 0 Å². The Morgan fingerprint density at radius 1 is 0.964 bits per heavy atom. The molecule has 0 aliphatic heterocycles. The van der Waals surface area contributed by atoms with E-state index in [0.717, 1.165) is 32.9 Å². The van der Waals surface area contributed by atoms with E-state index in [1.54, 1.807) is 12.1 Å². The molecule has 0 aliphatic carbocycles. The molecule has 1 atom stereocenters. The molecule has 5 nitrogen and oxygen atoms in total. The van der Waals surface area contributed by atoms with Crippen molar-refractivity contribution in [1.82, 2.24) is 10.0 Å². The maximum atomic E-state index is 12.7. The molecule has 2 N–H and O–H groups in total. The van der Waals surface area contributed by atoms with Gasteiger partial charge in [0.05, 0.1) is 6.54 Å². The van der Waals surface area contributed by atoms with Gasteiger partial charge in [0.15, 0.2) is 0 Å². The summed E-state index contributed by atoms with van der Waals surface area (Å²) in [5.41, 5.74) is 3.09. The highest BCUT2D eigenvalue weighted by molar-refractivity contribution is 7.91. The molecular formula is C21H22N2O3S2. The molecular weight excluding hydrogens is 392 g/mol. The average molecular weight is 415 g/mol. The fraction of sp³-hybridized carbons (Fsp3) is 0.190. The smallest absolute Gasteiger partial charge is 0.250 e. The van der Waals surface area contributed by atoms with Gasteiger partial charge in [-0.05, 0) is 35.7 Å². The Labute approximate surface area is 169 Å². The van der Waals surface area contributed by atoms with Crippen LogP contribution in [-0.2, 0) is 21.4 Å². The van der Waals surface area contributed by atoms with Gasteiger partial charge in [-0.25, -0.2) is 13.1 Å². The van der Waals surface area contributed by atoms with Crippen LogP contribution < -0.4 is 10.0 Å². The van der Waals surface area contributed by atoms with Crippen LogP contribution in [0.15, 0.2) is 70.9 Å². The summed E-state index contributed by atoms with van der Waals surface area (Å²) in [7, 11) is -3.63. The van der Waals surface area contributed by atoms with Gasteiger partial charge in [-0.3, -0.25) is 4.79 Å². The van der Waals surface area contributed by atoms with Crippen LogP contribution in [-0.4, -0.2) is 14.3 Å². The number of hydrogen-bond acceptors (Lipinski definition) is 4. The standard InChI is InChI=1S/C21H22N2O3S2/c1-15(17-8-10-19(11-9-17)18-6-4-3-5-7-18)23-28(25,26)21-13-12-20(27-21)14-22-16(2)24/h3-13,15,23H,14H2,1-2H3,(H,22,24)/t15-/m1/s1. The van der Waals surface area contributed by atoms with Crippen LogP contribution in [0.25, 0.3) is 11.1 Å². The van der Waals surface area contributed by atoms with Crippen LogP contribution in [0.4, 0.5) is 0 Å². The molecule has 1 heterocycles. The highest BCUT2D eigenvalue weighted by Gasteiger charge is 2.20. The lowest BCUT2D eigenvalue weighted by molar-refractivity contribution is -0.119. The van der Waals surface area contributed by atoms with E-state index in [1.807, 2.05) is 61.5 Å². The first-order chi connectivity index (χ1) is 13.3. The van der Waals surface area contributed by atoms with E-state index >= 15 is 0 Å². The summed E-state index contributed by atoms with van der Waals surface area (Å²) < 4.78 is 28.3. The van der Waals surface area contributed by atoms with Gasteiger partial charge < -0.3 is 5.32 Å². The first kappa shape index (κ1) is 20.3. The first-order valence-corrected chi connectivity index (χ1v) is 11.2. The number of rotatable bonds is 7. The van der Waals surface area contributed by atoms with Gasteiger partial charge in [0.2, 0.25) is 5.91 Å². The van der Waals surface area contributed by atoms with Crippen LogP contribution in [0.3, 0.4) is 0 Å². The van der Waals surface area contributed by atoms with E-state index < -0.39 is 10.0 Å². The number of carbonyl (C=O) groups is 1. The van der Waals surface area contributed by atoms with E-state index in [-0.39, 0.29) is 16.2 Å². The molecule has 3 rings (SSSR count). The Balaban J connectivity index is 1.69. The van der Waals surface area contributed by atoms with Crippen LogP contribution in [0.1, 0.15) is 30.3 Å². The lowest BCUT2D eigenvalue weighted by Crippen LogP contribution is -2.26. The third kappa shape index (κ3) is 5.07. The Morgan fingerprint density at radius 3 is 2.25 bits per heavy atom. The van der Waals surface area contributed by atoms with Crippen molar-refractivity contribution in [2.45, 2.75) is 30.6 Å². The molecule has 7 heteroatoms. The number of amides is 1. The van der Waals surface area contributed by atoms with Crippen molar-refractivity contribution in [1.29, 1.82) is 0 Å². The number of nitrogens with one attached hydrogen (secondary N) is 2. The summed E-state index contributed by atoms with van der Waals surface area (Å²) in [5, 5.41) is 2.67. The van der Waals surface area contributed by atoms with Crippen molar-refractivity contribution < 1.29 is 13.2 Å². The molecule has 146 valence electrons. The molecule has 3 aromatic rings. The topological polar surface area (TPSA) is 75.3 Å². The summed E-state index contributed by atoms with van der Waals surface area (Å²) in [4.78, 5) is 11.8. The second kappa shape index (κ2) is 8.68. The van der Waals surface area contributed by atoms with Crippen molar-refractivity contribution in [3.05, 3.63) is 77.2 Å². The fourth-order valence-corrected chi connectivity index (χ4v) is 5.31. The van der Waals surface area contributed by atoms with Gasteiger partial charge in [-0.2, -0.15) is 0 Å². The maximum Gasteiger partial charge on any atom is 0.250 e. The zero-order valence-electron chi connectivity index (χ0n) is 15.7. The predicted molar refractivity (Wildman–Crippen MR) is 112 cm³/mol. The number of thiophene rings is 1. The Bertz CT molecular complexity index is 1040. The van der Waals surface area contributed by atoms with Gasteiger partial charge in [0, 0.05) is 17.8 Å². The van der Waals surface area contributed by atoms with Gasteiger partial charge in [0.1, 0.15) is 4.21 Å². The summed E-state index contributed by atoms with van der Waals surface area (Å²) in [6.07, 6.45) is 0. The van der Waals surface area contributed by atoms with E-state index in [1.165, 1.54) is 6.92 Å². The van der Waals surface area contributed by atoms with Crippen LogP contribution in [0.5, 0.6) is 0 Å². The largest absolute Gasteiger partial charge is 0.351 e. The molecule has 28 heavy (non-hydrogen) atoms. The second-order valence-electron chi connectivity index (χ2n) is 6.46. The van der Waals surface area contributed by atoms with E-state index in [0.29, 0.717) is 6.54 Å². The van der Waals surface area contributed by atoms with Crippen molar-refractivity contribution in [3.8, 4) is 11.1 Å². The van der Waals surface area contributed by atoms with Crippen LogP contribution >= 0.6 is 11.3 Å². The zero-order valence-corrected chi connectivity index (χ0v) is 17.3. The quantitative estimate of drug-likeness (QED) is 0.611. The minimum Gasteiger partial charge on any atom is -0.351 e. The Morgan fingerprint density at radius 2 is 1.61 bits per heavy atom. The lowest BCUT2D eigenvalue weighted by atomic mass is 10.0. The number of hydrogen-bond donors (Lipinski definition) is 2. The normalized spacial score (nSPS) is 12.5. The monoisotopic (exact) mass is 414 g/mol. The minimum atomic E-state index is -3.63.